The number of rotatable bonds is 2. The molecule has 0 unspecified atom stereocenters. The van der Waals surface area contributed by atoms with E-state index in [1.165, 1.54) is 43.6 Å². The number of hydrogen-bond donors (Lipinski definition) is 1. The molecule has 0 saturated carbocycles. The maximum atomic E-state index is 5.68. The van der Waals surface area contributed by atoms with Gasteiger partial charge in [-0.05, 0) is 43.0 Å². The fraction of sp³-hybridized carbons (Fsp3) is 0.500. The van der Waals surface area contributed by atoms with Crippen molar-refractivity contribution in [1.82, 2.24) is 0 Å². The largest absolute Gasteiger partial charge is 0.371 e. The Balaban J connectivity index is 2.22. The molecule has 1 aliphatic heterocycles. The number of hydrogen-bond acceptors (Lipinski definition) is 2. The normalized spacial score (nSPS) is 16.8. The van der Waals surface area contributed by atoms with Crippen LogP contribution in [0.2, 0.25) is 0 Å². The number of benzene rings is 1. The maximum absolute atomic E-state index is 5.68. The van der Waals surface area contributed by atoms with Gasteiger partial charge in [0.25, 0.3) is 0 Å². The average molecular weight is 269 g/mol. The topological polar surface area (TPSA) is 29.3 Å². The van der Waals surface area contributed by atoms with Gasteiger partial charge >= 0.3 is 0 Å². The zero-order valence-electron chi connectivity index (χ0n) is 8.88. The van der Waals surface area contributed by atoms with Crippen LogP contribution < -0.4 is 10.6 Å². The van der Waals surface area contributed by atoms with E-state index in [4.69, 9.17) is 5.73 Å². The van der Waals surface area contributed by atoms with Crippen LogP contribution >= 0.6 is 15.9 Å². The van der Waals surface area contributed by atoms with Crippen LogP contribution in [0, 0.1) is 0 Å². The summed E-state index contributed by atoms with van der Waals surface area (Å²) in [6, 6.07) is 6.48. The highest BCUT2D eigenvalue weighted by Crippen LogP contribution is 2.25. The molecule has 0 radical (unpaired) electrons. The van der Waals surface area contributed by atoms with Crippen molar-refractivity contribution in [3.63, 3.8) is 0 Å². The Bertz CT molecular complexity index is 332. The van der Waals surface area contributed by atoms with Crippen LogP contribution in [0.3, 0.4) is 0 Å². The minimum atomic E-state index is 0.611. The first-order valence-corrected chi connectivity index (χ1v) is 6.33. The Kier molecular flexibility index (Phi) is 3.65. The number of piperidine rings is 1. The fourth-order valence-electron chi connectivity index (χ4n) is 2.09. The summed E-state index contributed by atoms with van der Waals surface area (Å²) in [5.41, 5.74) is 8.19. The van der Waals surface area contributed by atoms with E-state index in [1.807, 2.05) is 0 Å². The number of nitrogens with two attached hydrogens (primary N) is 1. The summed E-state index contributed by atoms with van der Waals surface area (Å²) in [5, 5.41) is 0. The number of nitrogens with zero attached hydrogens (tertiary/aromatic N) is 1. The molecule has 2 N–H and O–H groups in total. The Morgan fingerprint density at radius 3 is 2.53 bits per heavy atom. The van der Waals surface area contributed by atoms with E-state index in [0.717, 1.165) is 4.47 Å². The zero-order valence-corrected chi connectivity index (χ0v) is 10.5. The number of halogens is 1. The summed E-state index contributed by atoms with van der Waals surface area (Å²) in [6.07, 6.45) is 3.99. The minimum absolute atomic E-state index is 0.611. The molecule has 2 rings (SSSR count). The van der Waals surface area contributed by atoms with Crippen molar-refractivity contribution in [2.45, 2.75) is 25.8 Å². The quantitative estimate of drug-likeness (QED) is 0.894. The van der Waals surface area contributed by atoms with Gasteiger partial charge in [0.15, 0.2) is 0 Å². The molecule has 1 aliphatic rings. The highest BCUT2D eigenvalue weighted by atomic mass is 79.9. The van der Waals surface area contributed by atoms with E-state index in [-0.39, 0.29) is 0 Å². The standard InChI is InChI=1S/C12H17BrN2/c13-11-6-10(9-14)7-12(8-11)15-4-2-1-3-5-15/h6-8H,1-5,9,14H2. The molecule has 0 aromatic heterocycles. The molecule has 3 heteroatoms. The average Bonchev–Trinajstić information content (AvgIpc) is 2.29. The third kappa shape index (κ3) is 2.73. The number of anilines is 1. The molecular weight excluding hydrogens is 252 g/mol. The first-order chi connectivity index (χ1) is 7.29. The van der Waals surface area contributed by atoms with Crippen molar-refractivity contribution in [1.29, 1.82) is 0 Å². The third-order valence-electron chi connectivity index (χ3n) is 2.90. The van der Waals surface area contributed by atoms with Crippen molar-refractivity contribution in [3.8, 4) is 0 Å². The van der Waals surface area contributed by atoms with Crippen LogP contribution in [-0.2, 0) is 6.54 Å². The molecule has 0 spiro atoms. The van der Waals surface area contributed by atoms with Gasteiger partial charge in [-0.2, -0.15) is 0 Å². The van der Waals surface area contributed by atoms with E-state index in [1.54, 1.807) is 0 Å². The molecule has 0 amide bonds. The summed E-state index contributed by atoms with van der Waals surface area (Å²) >= 11 is 3.54. The van der Waals surface area contributed by atoms with Gasteiger partial charge in [-0.1, -0.05) is 15.9 Å². The van der Waals surface area contributed by atoms with Gasteiger partial charge < -0.3 is 10.6 Å². The Labute approximate surface area is 99.6 Å². The first-order valence-electron chi connectivity index (χ1n) is 5.54. The highest BCUT2D eigenvalue weighted by Gasteiger charge is 2.11. The van der Waals surface area contributed by atoms with E-state index in [2.05, 4.69) is 39.0 Å². The molecule has 1 aromatic carbocycles. The minimum Gasteiger partial charge on any atom is -0.371 e. The molecule has 82 valence electrons. The summed E-state index contributed by atoms with van der Waals surface area (Å²) in [7, 11) is 0. The van der Waals surface area contributed by atoms with E-state index >= 15 is 0 Å². The van der Waals surface area contributed by atoms with Crippen molar-refractivity contribution in [2.75, 3.05) is 18.0 Å². The van der Waals surface area contributed by atoms with E-state index in [9.17, 15) is 0 Å². The second-order valence-electron chi connectivity index (χ2n) is 4.07. The van der Waals surface area contributed by atoms with Crippen LogP contribution in [-0.4, -0.2) is 13.1 Å². The Hall–Kier alpha value is -0.540. The Morgan fingerprint density at radius 2 is 1.87 bits per heavy atom. The fourth-order valence-corrected chi connectivity index (χ4v) is 2.61. The summed E-state index contributed by atoms with van der Waals surface area (Å²) in [4.78, 5) is 2.45. The second kappa shape index (κ2) is 4.99. The van der Waals surface area contributed by atoms with Crippen molar-refractivity contribution < 1.29 is 0 Å². The lowest BCUT2D eigenvalue weighted by Crippen LogP contribution is -2.29. The predicted octanol–water partition coefficient (Wildman–Crippen LogP) is 2.90. The van der Waals surface area contributed by atoms with Crippen molar-refractivity contribution in [3.05, 3.63) is 28.2 Å². The molecule has 1 saturated heterocycles. The first kappa shape index (κ1) is 11.0. The smallest absolute Gasteiger partial charge is 0.0380 e. The maximum Gasteiger partial charge on any atom is 0.0380 e. The van der Waals surface area contributed by atoms with Crippen LogP contribution in [0.25, 0.3) is 0 Å². The van der Waals surface area contributed by atoms with E-state index < -0.39 is 0 Å². The monoisotopic (exact) mass is 268 g/mol. The van der Waals surface area contributed by atoms with Gasteiger partial charge in [-0.15, -0.1) is 0 Å². The van der Waals surface area contributed by atoms with Crippen molar-refractivity contribution in [2.24, 2.45) is 5.73 Å². The molecule has 1 aromatic rings. The van der Waals surface area contributed by atoms with Gasteiger partial charge in [-0.3, -0.25) is 0 Å². The van der Waals surface area contributed by atoms with Gasteiger partial charge in [0.05, 0.1) is 0 Å². The highest BCUT2D eigenvalue weighted by molar-refractivity contribution is 9.10. The summed E-state index contributed by atoms with van der Waals surface area (Å²) < 4.78 is 1.13. The van der Waals surface area contributed by atoms with Gasteiger partial charge in [-0.25, -0.2) is 0 Å². The lowest BCUT2D eigenvalue weighted by molar-refractivity contribution is 0.577. The Morgan fingerprint density at radius 1 is 1.13 bits per heavy atom. The van der Waals surface area contributed by atoms with Gasteiger partial charge in [0.2, 0.25) is 0 Å². The molecule has 1 fully saturated rings. The van der Waals surface area contributed by atoms with Crippen LogP contribution in [0.4, 0.5) is 5.69 Å². The van der Waals surface area contributed by atoms with Crippen molar-refractivity contribution >= 4 is 21.6 Å². The van der Waals surface area contributed by atoms with Gasteiger partial charge in [0.1, 0.15) is 0 Å². The van der Waals surface area contributed by atoms with E-state index in [0.29, 0.717) is 6.54 Å². The molecule has 15 heavy (non-hydrogen) atoms. The van der Waals surface area contributed by atoms with Crippen LogP contribution in [0.1, 0.15) is 24.8 Å². The lowest BCUT2D eigenvalue weighted by atomic mass is 10.1. The summed E-state index contributed by atoms with van der Waals surface area (Å²) in [6.45, 7) is 2.97. The lowest BCUT2D eigenvalue weighted by Gasteiger charge is -2.29. The summed E-state index contributed by atoms with van der Waals surface area (Å²) in [5.74, 6) is 0. The predicted molar refractivity (Wildman–Crippen MR) is 68.1 cm³/mol. The molecule has 0 aliphatic carbocycles. The van der Waals surface area contributed by atoms with Gasteiger partial charge in [0, 0.05) is 29.8 Å². The molecule has 0 atom stereocenters. The van der Waals surface area contributed by atoms with Crippen LogP contribution in [0.15, 0.2) is 22.7 Å². The SMILES string of the molecule is NCc1cc(Br)cc(N2CCCCC2)c1. The molecular formula is C12H17BrN2. The molecule has 2 nitrogen and oxygen atoms in total. The second-order valence-corrected chi connectivity index (χ2v) is 4.99. The zero-order chi connectivity index (χ0) is 10.7. The molecule has 1 heterocycles. The third-order valence-corrected chi connectivity index (χ3v) is 3.36. The van der Waals surface area contributed by atoms with Crippen LogP contribution in [0.5, 0.6) is 0 Å². The molecule has 0 bridgehead atoms.